The molecule has 0 bridgehead atoms. The first-order valence-corrected chi connectivity index (χ1v) is 9.34. The van der Waals surface area contributed by atoms with Crippen LogP contribution >= 0.6 is 23.2 Å². The van der Waals surface area contributed by atoms with Crippen LogP contribution in [-0.2, 0) is 4.74 Å². The van der Waals surface area contributed by atoms with Crippen LogP contribution in [0.15, 0.2) is 36.4 Å². The monoisotopic (exact) mass is 406 g/mol. The molecule has 1 saturated heterocycles. The molecule has 1 aliphatic heterocycles. The highest BCUT2D eigenvalue weighted by atomic mass is 35.5. The van der Waals surface area contributed by atoms with Crippen molar-refractivity contribution in [2.24, 2.45) is 0 Å². The molecule has 0 spiro atoms. The Labute approximate surface area is 165 Å². The van der Waals surface area contributed by atoms with E-state index < -0.39 is 11.9 Å². The summed E-state index contributed by atoms with van der Waals surface area (Å²) in [4.78, 5) is 18.2. The molecule has 4 rings (SSSR count). The molecule has 7 heteroatoms. The maximum absolute atomic E-state index is 13.9. The van der Waals surface area contributed by atoms with Gasteiger partial charge in [-0.1, -0.05) is 41.4 Å². The largest absolute Gasteiger partial charge is 0.370 e. The van der Waals surface area contributed by atoms with Crippen molar-refractivity contribution in [1.29, 1.82) is 0 Å². The minimum Gasteiger partial charge on any atom is -0.370 e. The lowest BCUT2D eigenvalue weighted by molar-refractivity contribution is -0.0228. The van der Waals surface area contributed by atoms with Gasteiger partial charge >= 0.3 is 0 Å². The summed E-state index contributed by atoms with van der Waals surface area (Å²) in [6.07, 6.45) is -0.507. The number of benzene rings is 2. The average molecular weight is 407 g/mol. The number of aryl methyl sites for hydroxylation is 1. The van der Waals surface area contributed by atoms with Crippen LogP contribution in [0.4, 0.5) is 4.39 Å². The molecule has 2 aromatic carbocycles. The SMILES string of the molecule is Cc1[nH]c2ccccc2c1C(=O)N1CCOC(c2cc(F)c(Cl)cc2Cl)C1. The Morgan fingerprint density at radius 3 is 2.85 bits per heavy atom. The van der Waals surface area contributed by atoms with Crippen molar-refractivity contribution in [2.75, 3.05) is 19.7 Å². The van der Waals surface area contributed by atoms with Gasteiger partial charge in [0.15, 0.2) is 0 Å². The summed E-state index contributed by atoms with van der Waals surface area (Å²) in [5, 5.41) is 1.17. The molecule has 1 atom stereocenters. The molecule has 1 fully saturated rings. The van der Waals surface area contributed by atoms with E-state index >= 15 is 0 Å². The number of morpholine rings is 1. The van der Waals surface area contributed by atoms with Gasteiger partial charge in [-0.25, -0.2) is 4.39 Å². The summed E-state index contributed by atoms with van der Waals surface area (Å²) in [5.74, 6) is -0.639. The average Bonchev–Trinajstić information content (AvgIpc) is 3.00. The fourth-order valence-corrected chi connectivity index (χ4v) is 4.02. The van der Waals surface area contributed by atoms with Gasteiger partial charge in [0.25, 0.3) is 5.91 Å². The van der Waals surface area contributed by atoms with E-state index in [-0.39, 0.29) is 10.9 Å². The lowest BCUT2D eigenvalue weighted by atomic mass is 10.1. The second-order valence-corrected chi connectivity index (χ2v) is 7.38. The van der Waals surface area contributed by atoms with E-state index in [1.807, 2.05) is 31.2 Å². The number of nitrogens with one attached hydrogen (secondary N) is 1. The molecule has 1 amide bonds. The number of carbonyl (C=O) groups is 1. The molecule has 3 aromatic rings. The van der Waals surface area contributed by atoms with Gasteiger partial charge in [-0.15, -0.1) is 0 Å². The molecule has 1 aromatic heterocycles. The van der Waals surface area contributed by atoms with Gasteiger partial charge in [0.05, 0.1) is 23.7 Å². The molecule has 140 valence electrons. The van der Waals surface area contributed by atoms with Crippen molar-refractivity contribution in [3.63, 3.8) is 0 Å². The number of aromatic nitrogens is 1. The van der Waals surface area contributed by atoms with E-state index in [2.05, 4.69) is 4.98 Å². The van der Waals surface area contributed by atoms with Gasteiger partial charge in [-0.05, 0) is 25.1 Å². The second-order valence-electron chi connectivity index (χ2n) is 6.57. The van der Waals surface area contributed by atoms with Crippen molar-refractivity contribution in [3.05, 3.63) is 69.1 Å². The Morgan fingerprint density at radius 1 is 1.26 bits per heavy atom. The molecule has 4 nitrogen and oxygen atoms in total. The van der Waals surface area contributed by atoms with Gasteiger partial charge in [-0.3, -0.25) is 4.79 Å². The maximum atomic E-state index is 13.9. The molecule has 0 radical (unpaired) electrons. The predicted octanol–water partition coefficient (Wildman–Crippen LogP) is 5.14. The first kappa shape index (κ1) is 18.3. The minimum absolute atomic E-state index is 0.0399. The van der Waals surface area contributed by atoms with Crippen LogP contribution in [0.3, 0.4) is 0 Å². The molecule has 0 saturated carbocycles. The smallest absolute Gasteiger partial charge is 0.256 e. The molecule has 1 unspecified atom stereocenters. The Bertz CT molecular complexity index is 1030. The fourth-order valence-electron chi connectivity index (χ4n) is 3.52. The summed E-state index contributed by atoms with van der Waals surface area (Å²) in [6, 6.07) is 10.3. The number of H-pyrrole nitrogens is 1. The Hall–Kier alpha value is -2.08. The third-order valence-corrected chi connectivity index (χ3v) is 5.46. The van der Waals surface area contributed by atoms with Crippen molar-refractivity contribution in [2.45, 2.75) is 13.0 Å². The third kappa shape index (κ3) is 3.31. The first-order valence-electron chi connectivity index (χ1n) is 8.58. The van der Waals surface area contributed by atoms with Crippen LogP contribution < -0.4 is 0 Å². The lowest BCUT2D eigenvalue weighted by Crippen LogP contribution is -2.42. The number of fused-ring (bicyclic) bond motifs is 1. The second kappa shape index (κ2) is 7.15. The van der Waals surface area contributed by atoms with Crippen molar-refractivity contribution >= 4 is 40.0 Å². The summed E-state index contributed by atoms with van der Waals surface area (Å²) in [6.45, 7) is 2.98. The lowest BCUT2D eigenvalue weighted by Gasteiger charge is -2.33. The van der Waals surface area contributed by atoms with Crippen molar-refractivity contribution < 1.29 is 13.9 Å². The Kier molecular flexibility index (Phi) is 4.84. The first-order chi connectivity index (χ1) is 13.0. The van der Waals surface area contributed by atoms with Gasteiger partial charge in [0.1, 0.15) is 11.9 Å². The molecule has 2 heterocycles. The normalized spacial score (nSPS) is 17.5. The number of ether oxygens (including phenoxy) is 1. The number of amides is 1. The Morgan fingerprint density at radius 2 is 2.04 bits per heavy atom. The zero-order valence-electron chi connectivity index (χ0n) is 14.6. The molecule has 0 aliphatic carbocycles. The number of hydrogen-bond acceptors (Lipinski definition) is 2. The molecule has 27 heavy (non-hydrogen) atoms. The summed E-state index contributed by atoms with van der Waals surface area (Å²) < 4.78 is 19.6. The molecular weight excluding hydrogens is 390 g/mol. The number of rotatable bonds is 2. The van der Waals surface area contributed by atoms with Crippen LogP contribution in [0, 0.1) is 12.7 Å². The van der Waals surface area contributed by atoms with Gasteiger partial charge in [0.2, 0.25) is 0 Å². The van der Waals surface area contributed by atoms with E-state index in [0.29, 0.717) is 35.8 Å². The quantitative estimate of drug-likeness (QED) is 0.599. The van der Waals surface area contributed by atoms with E-state index in [4.69, 9.17) is 27.9 Å². The number of aromatic amines is 1. The highest BCUT2D eigenvalue weighted by Gasteiger charge is 2.30. The van der Waals surface area contributed by atoms with Gasteiger partial charge < -0.3 is 14.6 Å². The van der Waals surface area contributed by atoms with Crippen LogP contribution in [0.5, 0.6) is 0 Å². The topological polar surface area (TPSA) is 45.3 Å². The van der Waals surface area contributed by atoms with E-state index in [0.717, 1.165) is 16.6 Å². The Balaban J connectivity index is 1.64. The highest BCUT2D eigenvalue weighted by Crippen LogP contribution is 2.33. The summed E-state index contributed by atoms with van der Waals surface area (Å²) in [5.41, 5.74) is 2.89. The van der Waals surface area contributed by atoms with Crippen molar-refractivity contribution in [3.8, 4) is 0 Å². The summed E-state index contributed by atoms with van der Waals surface area (Å²) >= 11 is 12.0. The van der Waals surface area contributed by atoms with Gasteiger partial charge in [0, 0.05) is 33.7 Å². The fraction of sp³-hybridized carbons (Fsp3) is 0.250. The zero-order valence-corrected chi connectivity index (χ0v) is 16.1. The number of carbonyl (C=O) groups excluding carboxylic acids is 1. The molecule has 1 aliphatic rings. The molecule has 1 N–H and O–H groups in total. The number of para-hydroxylation sites is 1. The minimum atomic E-state index is -0.560. The number of halogens is 3. The zero-order chi connectivity index (χ0) is 19.1. The predicted molar refractivity (Wildman–Crippen MR) is 104 cm³/mol. The third-order valence-electron chi connectivity index (χ3n) is 4.85. The molecular formula is C20H17Cl2FN2O2. The van der Waals surface area contributed by atoms with Gasteiger partial charge in [-0.2, -0.15) is 0 Å². The van der Waals surface area contributed by atoms with E-state index in [1.165, 1.54) is 12.1 Å². The van der Waals surface area contributed by atoms with E-state index in [9.17, 15) is 9.18 Å². The van der Waals surface area contributed by atoms with Crippen LogP contribution in [0.25, 0.3) is 10.9 Å². The highest BCUT2D eigenvalue weighted by molar-refractivity contribution is 6.35. The standard InChI is InChI=1S/C20H17Cl2FN2O2/c1-11-19(12-4-2-3-5-17(12)24-11)20(26)25-6-7-27-18(10-25)13-8-16(23)15(22)9-14(13)21/h2-5,8-9,18,24H,6-7,10H2,1H3. The van der Waals surface area contributed by atoms with Crippen LogP contribution in [0.1, 0.15) is 27.7 Å². The van der Waals surface area contributed by atoms with Crippen LogP contribution in [-0.4, -0.2) is 35.5 Å². The number of nitrogens with zero attached hydrogens (tertiary/aromatic N) is 1. The van der Waals surface area contributed by atoms with Crippen molar-refractivity contribution in [1.82, 2.24) is 9.88 Å². The van der Waals surface area contributed by atoms with Crippen LogP contribution in [0.2, 0.25) is 10.0 Å². The number of hydrogen-bond donors (Lipinski definition) is 1. The maximum Gasteiger partial charge on any atom is 0.256 e. The van der Waals surface area contributed by atoms with E-state index in [1.54, 1.807) is 4.90 Å². The summed E-state index contributed by atoms with van der Waals surface area (Å²) in [7, 11) is 0.